The first-order valence-corrected chi connectivity index (χ1v) is 6.50. The summed E-state index contributed by atoms with van der Waals surface area (Å²) in [5.74, 6) is 0. The molecule has 0 bridgehead atoms. The number of anilines is 1. The summed E-state index contributed by atoms with van der Waals surface area (Å²) in [5, 5.41) is 4.06. The lowest BCUT2D eigenvalue weighted by Gasteiger charge is -2.24. The summed E-state index contributed by atoms with van der Waals surface area (Å²) >= 11 is 9.34. The Labute approximate surface area is 104 Å². The number of pyridine rings is 1. The van der Waals surface area contributed by atoms with E-state index in [9.17, 15) is 0 Å². The average molecular weight is 290 g/mol. The maximum absolute atomic E-state index is 5.86. The van der Waals surface area contributed by atoms with Crippen LogP contribution in [0.25, 0.3) is 0 Å². The summed E-state index contributed by atoms with van der Waals surface area (Å²) in [7, 11) is 0. The van der Waals surface area contributed by atoms with E-state index < -0.39 is 0 Å². The summed E-state index contributed by atoms with van der Waals surface area (Å²) in [6.07, 6.45) is 8.28. The lowest BCUT2D eigenvalue weighted by molar-refractivity contribution is 0.462. The van der Waals surface area contributed by atoms with E-state index in [1.54, 1.807) is 6.20 Å². The lowest BCUT2D eigenvalue weighted by Crippen LogP contribution is -2.22. The van der Waals surface area contributed by atoms with Crippen LogP contribution in [0.15, 0.2) is 16.7 Å². The molecular weight excluding hydrogens is 275 g/mol. The van der Waals surface area contributed by atoms with Crippen LogP contribution in [0.4, 0.5) is 5.69 Å². The van der Waals surface area contributed by atoms with E-state index in [4.69, 9.17) is 11.6 Å². The van der Waals surface area contributed by atoms with Gasteiger partial charge in [0.2, 0.25) is 0 Å². The van der Waals surface area contributed by atoms with Crippen molar-refractivity contribution in [3.63, 3.8) is 0 Å². The van der Waals surface area contributed by atoms with E-state index >= 15 is 0 Å². The Morgan fingerprint density at radius 3 is 2.80 bits per heavy atom. The number of nitrogens with one attached hydrogen (secondary N) is 1. The van der Waals surface area contributed by atoms with E-state index in [-0.39, 0.29) is 0 Å². The van der Waals surface area contributed by atoms with E-state index in [0.717, 1.165) is 10.2 Å². The molecule has 0 atom stereocenters. The highest BCUT2D eigenvalue weighted by Crippen LogP contribution is 2.27. The quantitative estimate of drug-likeness (QED) is 0.824. The zero-order valence-corrected chi connectivity index (χ0v) is 10.8. The van der Waals surface area contributed by atoms with Gasteiger partial charge in [-0.1, -0.05) is 30.9 Å². The molecule has 15 heavy (non-hydrogen) atoms. The topological polar surface area (TPSA) is 24.9 Å². The molecule has 1 saturated carbocycles. The molecule has 0 unspecified atom stereocenters. The van der Waals surface area contributed by atoms with Gasteiger partial charge in [-0.25, -0.2) is 4.98 Å². The third kappa shape index (κ3) is 3.08. The third-order valence-electron chi connectivity index (χ3n) is 2.79. The van der Waals surface area contributed by atoms with Crippen LogP contribution in [-0.2, 0) is 0 Å². The summed E-state index contributed by atoms with van der Waals surface area (Å²) in [6, 6.07) is 2.47. The number of halogens is 2. The van der Waals surface area contributed by atoms with Crippen LogP contribution in [0.3, 0.4) is 0 Å². The molecule has 4 heteroatoms. The highest BCUT2D eigenvalue weighted by atomic mass is 79.9. The van der Waals surface area contributed by atoms with Gasteiger partial charge in [0.25, 0.3) is 0 Å². The van der Waals surface area contributed by atoms with Crippen molar-refractivity contribution >= 4 is 33.2 Å². The number of nitrogens with zero attached hydrogens (tertiary/aromatic N) is 1. The fourth-order valence-electron chi connectivity index (χ4n) is 1.99. The molecule has 82 valence electrons. The predicted octanol–water partition coefficient (Wildman–Crippen LogP) is 4.24. The minimum absolute atomic E-state index is 0.538. The normalized spacial score (nSPS) is 17.7. The molecule has 0 radical (unpaired) electrons. The highest BCUT2D eigenvalue weighted by molar-refractivity contribution is 9.10. The van der Waals surface area contributed by atoms with Crippen LogP contribution in [0.2, 0.25) is 5.15 Å². The van der Waals surface area contributed by atoms with Crippen molar-refractivity contribution in [1.82, 2.24) is 4.98 Å². The van der Waals surface area contributed by atoms with Gasteiger partial charge < -0.3 is 5.32 Å². The molecule has 1 N–H and O–H groups in total. The van der Waals surface area contributed by atoms with Gasteiger partial charge in [-0.3, -0.25) is 0 Å². The fourth-order valence-corrected chi connectivity index (χ4v) is 2.48. The largest absolute Gasteiger partial charge is 0.381 e. The number of rotatable bonds is 2. The fraction of sp³-hybridized carbons (Fsp3) is 0.545. The van der Waals surface area contributed by atoms with E-state index in [1.165, 1.54) is 32.1 Å². The maximum Gasteiger partial charge on any atom is 0.131 e. The molecule has 0 aliphatic heterocycles. The monoisotopic (exact) mass is 288 g/mol. The second-order valence-corrected chi connectivity index (χ2v) is 5.21. The molecule has 2 nitrogen and oxygen atoms in total. The van der Waals surface area contributed by atoms with Crippen molar-refractivity contribution in [2.45, 2.75) is 38.1 Å². The number of aromatic nitrogens is 1. The molecule has 1 aromatic heterocycles. The Morgan fingerprint density at radius 2 is 2.07 bits per heavy atom. The Hall–Kier alpha value is -0.280. The molecule has 2 rings (SSSR count). The predicted molar refractivity (Wildman–Crippen MR) is 67.4 cm³/mol. The Morgan fingerprint density at radius 1 is 1.33 bits per heavy atom. The second kappa shape index (κ2) is 5.17. The third-order valence-corrected chi connectivity index (χ3v) is 3.63. The molecule has 0 saturated heterocycles. The molecule has 1 aliphatic rings. The van der Waals surface area contributed by atoms with Crippen molar-refractivity contribution in [2.24, 2.45) is 0 Å². The zero-order valence-electron chi connectivity index (χ0n) is 8.47. The molecule has 1 aromatic rings. The lowest BCUT2D eigenvalue weighted by atomic mass is 9.95. The first kappa shape index (κ1) is 11.2. The average Bonchev–Trinajstić information content (AvgIpc) is 2.25. The first-order chi connectivity index (χ1) is 7.25. The summed E-state index contributed by atoms with van der Waals surface area (Å²) in [6.45, 7) is 0. The minimum atomic E-state index is 0.538. The van der Waals surface area contributed by atoms with Gasteiger partial charge >= 0.3 is 0 Å². The van der Waals surface area contributed by atoms with Gasteiger partial charge in [-0.05, 0) is 34.8 Å². The first-order valence-electron chi connectivity index (χ1n) is 5.33. The van der Waals surface area contributed by atoms with Crippen molar-refractivity contribution in [3.8, 4) is 0 Å². The van der Waals surface area contributed by atoms with Gasteiger partial charge in [0.15, 0.2) is 0 Å². The SMILES string of the molecule is Clc1cc(NC2CCCCC2)c(Br)cn1. The zero-order chi connectivity index (χ0) is 10.7. The molecule has 1 aliphatic carbocycles. The highest BCUT2D eigenvalue weighted by Gasteiger charge is 2.14. The molecule has 1 heterocycles. The van der Waals surface area contributed by atoms with E-state index in [0.29, 0.717) is 11.2 Å². The Kier molecular flexibility index (Phi) is 3.87. The molecule has 1 fully saturated rings. The molecule has 0 aromatic carbocycles. The maximum atomic E-state index is 5.86. The Balaban J connectivity index is 2.05. The number of hydrogen-bond donors (Lipinski definition) is 1. The smallest absolute Gasteiger partial charge is 0.131 e. The minimum Gasteiger partial charge on any atom is -0.381 e. The van der Waals surface area contributed by atoms with Crippen molar-refractivity contribution in [3.05, 3.63) is 21.9 Å². The molecular formula is C11H14BrClN2. The summed E-state index contributed by atoms with van der Waals surface area (Å²) in [4.78, 5) is 4.01. The van der Waals surface area contributed by atoms with Crippen LogP contribution in [0, 0.1) is 0 Å². The van der Waals surface area contributed by atoms with Gasteiger partial charge in [0, 0.05) is 12.2 Å². The van der Waals surface area contributed by atoms with Crippen LogP contribution in [0.5, 0.6) is 0 Å². The summed E-state index contributed by atoms with van der Waals surface area (Å²) in [5.41, 5.74) is 1.06. The van der Waals surface area contributed by atoms with E-state index in [2.05, 4.69) is 26.2 Å². The van der Waals surface area contributed by atoms with Gasteiger partial charge in [-0.2, -0.15) is 0 Å². The van der Waals surface area contributed by atoms with Crippen molar-refractivity contribution < 1.29 is 0 Å². The van der Waals surface area contributed by atoms with Crippen LogP contribution < -0.4 is 5.32 Å². The Bertz CT molecular complexity index is 337. The summed E-state index contributed by atoms with van der Waals surface area (Å²) < 4.78 is 0.984. The van der Waals surface area contributed by atoms with Crippen molar-refractivity contribution in [1.29, 1.82) is 0 Å². The van der Waals surface area contributed by atoms with Gasteiger partial charge in [0.1, 0.15) is 5.15 Å². The number of hydrogen-bond acceptors (Lipinski definition) is 2. The molecule has 0 amide bonds. The second-order valence-electron chi connectivity index (χ2n) is 3.97. The standard InChI is InChI=1S/C11H14BrClN2/c12-9-7-14-11(13)6-10(9)15-8-4-2-1-3-5-8/h6-8H,1-5H2,(H,14,15). The van der Waals surface area contributed by atoms with Crippen LogP contribution in [0.1, 0.15) is 32.1 Å². The molecule has 0 spiro atoms. The van der Waals surface area contributed by atoms with Crippen molar-refractivity contribution in [2.75, 3.05) is 5.32 Å². The van der Waals surface area contributed by atoms with Crippen LogP contribution in [-0.4, -0.2) is 11.0 Å². The van der Waals surface area contributed by atoms with E-state index in [1.807, 2.05) is 6.07 Å². The van der Waals surface area contributed by atoms with Gasteiger partial charge in [0.05, 0.1) is 10.2 Å². The van der Waals surface area contributed by atoms with Gasteiger partial charge in [-0.15, -0.1) is 0 Å². The van der Waals surface area contributed by atoms with Crippen LogP contribution >= 0.6 is 27.5 Å².